The Kier molecular flexibility index (Phi) is 4.42. The maximum atomic E-state index is 12.0. The summed E-state index contributed by atoms with van der Waals surface area (Å²) in [5.74, 6) is -0.0888. The van der Waals surface area contributed by atoms with Crippen molar-refractivity contribution in [2.24, 2.45) is 0 Å². The molecule has 0 fully saturated rings. The zero-order valence-electron chi connectivity index (χ0n) is 11.4. The van der Waals surface area contributed by atoms with Crippen LogP contribution in [0.5, 0.6) is 0 Å². The standard InChI is InChI=1S/C17H11ClN2OS/c18-14-5-3-12(4-6-14)17-20-15(11-22-17)7-8-16(21)13-2-1-9-19-10-13/h1-11H/b8-7+. The molecule has 0 radical (unpaired) electrons. The third-order valence-corrected chi connectivity index (χ3v) is 4.13. The Hall–Kier alpha value is -2.30. The molecule has 0 aliphatic rings. The SMILES string of the molecule is O=C(/C=C/c1csc(-c2ccc(Cl)cc2)n1)c1cccnc1. The number of nitrogens with zero attached hydrogens (tertiary/aromatic N) is 2. The molecule has 0 N–H and O–H groups in total. The van der Waals surface area contributed by atoms with Gasteiger partial charge in [-0.15, -0.1) is 11.3 Å². The predicted octanol–water partition coefficient (Wildman–Crippen LogP) is 4.75. The highest BCUT2D eigenvalue weighted by molar-refractivity contribution is 7.13. The Morgan fingerprint density at radius 1 is 1.18 bits per heavy atom. The third kappa shape index (κ3) is 3.47. The van der Waals surface area contributed by atoms with Crippen LogP contribution in [0.15, 0.2) is 60.2 Å². The van der Waals surface area contributed by atoms with Gasteiger partial charge in [-0.1, -0.05) is 23.7 Å². The first-order chi connectivity index (χ1) is 10.7. The van der Waals surface area contributed by atoms with E-state index in [-0.39, 0.29) is 5.78 Å². The van der Waals surface area contributed by atoms with Crippen LogP contribution >= 0.6 is 22.9 Å². The summed E-state index contributed by atoms with van der Waals surface area (Å²) >= 11 is 7.40. The summed E-state index contributed by atoms with van der Waals surface area (Å²) in [7, 11) is 0. The van der Waals surface area contributed by atoms with Gasteiger partial charge < -0.3 is 0 Å². The van der Waals surface area contributed by atoms with Gasteiger partial charge in [-0.3, -0.25) is 9.78 Å². The maximum Gasteiger partial charge on any atom is 0.187 e. The number of rotatable bonds is 4. The monoisotopic (exact) mass is 326 g/mol. The van der Waals surface area contributed by atoms with Gasteiger partial charge in [0.05, 0.1) is 5.69 Å². The predicted molar refractivity (Wildman–Crippen MR) is 90.2 cm³/mol. The van der Waals surface area contributed by atoms with Crippen molar-refractivity contribution in [3.8, 4) is 10.6 Å². The van der Waals surface area contributed by atoms with Crippen molar-refractivity contribution in [1.82, 2.24) is 9.97 Å². The van der Waals surface area contributed by atoms with Gasteiger partial charge in [0.2, 0.25) is 0 Å². The Labute approximate surface area is 136 Å². The summed E-state index contributed by atoms with van der Waals surface area (Å²) in [4.78, 5) is 20.4. The molecule has 1 aromatic carbocycles. The first kappa shape index (κ1) is 14.6. The van der Waals surface area contributed by atoms with Gasteiger partial charge in [-0.05, 0) is 36.4 Å². The molecule has 0 amide bonds. The van der Waals surface area contributed by atoms with E-state index in [9.17, 15) is 4.79 Å². The summed E-state index contributed by atoms with van der Waals surface area (Å²) in [6, 6.07) is 11.0. The molecule has 0 bridgehead atoms. The van der Waals surface area contributed by atoms with Gasteiger partial charge >= 0.3 is 0 Å². The van der Waals surface area contributed by atoms with E-state index in [2.05, 4.69) is 9.97 Å². The molecule has 0 spiro atoms. The molecule has 0 aliphatic carbocycles. The first-order valence-corrected chi connectivity index (χ1v) is 7.82. The molecular formula is C17H11ClN2OS. The van der Waals surface area contributed by atoms with Crippen molar-refractivity contribution < 1.29 is 4.79 Å². The largest absolute Gasteiger partial charge is 0.289 e. The molecule has 3 rings (SSSR count). The van der Waals surface area contributed by atoms with E-state index < -0.39 is 0 Å². The normalized spacial score (nSPS) is 11.0. The lowest BCUT2D eigenvalue weighted by Crippen LogP contribution is -1.94. The summed E-state index contributed by atoms with van der Waals surface area (Å²) in [5.41, 5.74) is 2.33. The number of hydrogen-bond donors (Lipinski definition) is 0. The van der Waals surface area contributed by atoms with Gasteiger partial charge in [-0.25, -0.2) is 4.98 Å². The van der Waals surface area contributed by atoms with Crippen LogP contribution in [-0.2, 0) is 0 Å². The van der Waals surface area contributed by atoms with E-state index in [0.717, 1.165) is 16.3 Å². The summed E-state index contributed by atoms with van der Waals surface area (Å²) in [6.45, 7) is 0. The molecule has 0 aliphatic heterocycles. The zero-order valence-corrected chi connectivity index (χ0v) is 13.0. The minimum absolute atomic E-state index is 0.0888. The van der Waals surface area contributed by atoms with Gasteiger partial charge in [0.15, 0.2) is 5.78 Å². The minimum Gasteiger partial charge on any atom is -0.289 e. The maximum absolute atomic E-state index is 12.0. The van der Waals surface area contributed by atoms with Gasteiger partial charge in [0, 0.05) is 33.9 Å². The molecular weight excluding hydrogens is 316 g/mol. The Morgan fingerprint density at radius 3 is 2.73 bits per heavy atom. The number of benzene rings is 1. The summed E-state index contributed by atoms with van der Waals surface area (Å²) in [5, 5.41) is 3.50. The number of aromatic nitrogens is 2. The number of carbonyl (C=O) groups is 1. The summed E-state index contributed by atoms with van der Waals surface area (Å²) in [6.07, 6.45) is 6.41. The minimum atomic E-state index is -0.0888. The van der Waals surface area contributed by atoms with Crippen LogP contribution in [0.1, 0.15) is 16.1 Å². The molecule has 2 aromatic heterocycles. The van der Waals surface area contributed by atoms with Crippen molar-refractivity contribution >= 4 is 34.8 Å². The smallest absolute Gasteiger partial charge is 0.187 e. The van der Waals surface area contributed by atoms with Crippen molar-refractivity contribution in [2.75, 3.05) is 0 Å². The third-order valence-electron chi connectivity index (χ3n) is 2.96. The molecule has 3 nitrogen and oxygen atoms in total. The first-order valence-electron chi connectivity index (χ1n) is 6.56. The van der Waals surface area contributed by atoms with Crippen LogP contribution in [0.4, 0.5) is 0 Å². The second-order valence-electron chi connectivity index (χ2n) is 4.52. The van der Waals surface area contributed by atoms with E-state index in [1.165, 1.54) is 17.4 Å². The topological polar surface area (TPSA) is 42.9 Å². The fourth-order valence-corrected chi connectivity index (χ4v) is 2.77. The van der Waals surface area contributed by atoms with Gasteiger partial charge in [0.1, 0.15) is 5.01 Å². The van der Waals surface area contributed by atoms with Crippen LogP contribution in [-0.4, -0.2) is 15.8 Å². The second kappa shape index (κ2) is 6.64. The van der Waals surface area contributed by atoms with Crippen LogP contribution in [0, 0.1) is 0 Å². The van der Waals surface area contributed by atoms with E-state index >= 15 is 0 Å². The molecule has 5 heteroatoms. The van der Waals surface area contributed by atoms with E-state index in [0.29, 0.717) is 10.6 Å². The zero-order chi connectivity index (χ0) is 15.4. The molecule has 0 unspecified atom stereocenters. The molecule has 108 valence electrons. The fourth-order valence-electron chi connectivity index (χ4n) is 1.85. The number of thiazole rings is 1. The number of hydrogen-bond acceptors (Lipinski definition) is 4. The van der Waals surface area contributed by atoms with Crippen molar-refractivity contribution in [3.05, 3.63) is 76.5 Å². The number of allylic oxidation sites excluding steroid dienone is 1. The molecule has 22 heavy (non-hydrogen) atoms. The quantitative estimate of drug-likeness (QED) is 0.513. The average Bonchev–Trinajstić information content (AvgIpc) is 3.03. The Bertz CT molecular complexity index is 810. The molecule has 0 atom stereocenters. The highest BCUT2D eigenvalue weighted by Gasteiger charge is 2.04. The molecule has 3 aromatic rings. The lowest BCUT2D eigenvalue weighted by atomic mass is 10.2. The number of ketones is 1. The molecule has 0 saturated carbocycles. The van der Waals surface area contributed by atoms with E-state index in [1.807, 2.05) is 29.6 Å². The van der Waals surface area contributed by atoms with Crippen LogP contribution in [0.2, 0.25) is 5.02 Å². The van der Waals surface area contributed by atoms with Crippen LogP contribution < -0.4 is 0 Å². The number of halogens is 1. The number of carbonyl (C=O) groups excluding carboxylic acids is 1. The van der Waals surface area contributed by atoms with Gasteiger partial charge in [0.25, 0.3) is 0 Å². The summed E-state index contributed by atoms with van der Waals surface area (Å²) < 4.78 is 0. The van der Waals surface area contributed by atoms with Crippen LogP contribution in [0.3, 0.4) is 0 Å². The van der Waals surface area contributed by atoms with E-state index in [4.69, 9.17) is 11.6 Å². The lowest BCUT2D eigenvalue weighted by molar-refractivity contribution is 0.104. The highest BCUT2D eigenvalue weighted by Crippen LogP contribution is 2.25. The Balaban J connectivity index is 1.75. The van der Waals surface area contributed by atoms with Gasteiger partial charge in [-0.2, -0.15) is 0 Å². The number of pyridine rings is 1. The molecule has 0 saturated heterocycles. The van der Waals surface area contributed by atoms with E-state index in [1.54, 1.807) is 30.6 Å². The fraction of sp³-hybridized carbons (Fsp3) is 0. The van der Waals surface area contributed by atoms with Crippen molar-refractivity contribution in [3.63, 3.8) is 0 Å². The van der Waals surface area contributed by atoms with Crippen LogP contribution in [0.25, 0.3) is 16.6 Å². The molecule has 2 heterocycles. The lowest BCUT2D eigenvalue weighted by Gasteiger charge is -1.95. The Morgan fingerprint density at radius 2 is 2.00 bits per heavy atom. The van der Waals surface area contributed by atoms with Crippen molar-refractivity contribution in [1.29, 1.82) is 0 Å². The van der Waals surface area contributed by atoms with Crippen molar-refractivity contribution in [2.45, 2.75) is 0 Å². The average molecular weight is 327 g/mol. The second-order valence-corrected chi connectivity index (χ2v) is 5.82. The highest BCUT2D eigenvalue weighted by atomic mass is 35.5.